The fourth-order valence-corrected chi connectivity index (χ4v) is 3.08. The van der Waals surface area contributed by atoms with Gasteiger partial charge in [0, 0.05) is 19.6 Å². The first-order valence-electron chi connectivity index (χ1n) is 5.95. The molecule has 0 aromatic carbocycles. The van der Waals surface area contributed by atoms with E-state index in [4.69, 9.17) is 0 Å². The van der Waals surface area contributed by atoms with Gasteiger partial charge in [-0.25, -0.2) is 4.79 Å². The normalized spacial score (nSPS) is 27.2. The smallest absolute Gasteiger partial charge is 0.407 e. The van der Waals surface area contributed by atoms with Gasteiger partial charge in [-0.3, -0.25) is 4.90 Å². The molecule has 16 heavy (non-hydrogen) atoms. The van der Waals surface area contributed by atoms with Crippen LogP contribution in [0.2, 0.25) is 0 Å². The third-order valence-electron chi connectivity index (χ3n) is 3.87. The first-order chi connectivity index (χ1) is 7.23. The zero-order chi connectivity index (χ0) is 12.6. The minimum atomic E-state index is -0.801. The van der Waals surface area contributed by atoms with E-state index in [0.717, 1.165) is 13.1 Å². The zero-order valence-corrected chi connectivity index (χ0v) is 11.0. The van der Waals surface area contributed by atoms with Crippen LogP contribution < -0.4 is 5.32 Å². The molecule has 94 valence electrons. The largest absolute Gasteiger partial charge is 0.465 e. The van der Waals surface area contributed by atoms with E-state index in [9.17, 15) is 9.90 Å². The number of nitrogens with zero attached hydrogens (tertiary/aromatic N) is 1. The predicted molar refractivity (Wildman–Crippen MR) is 64.6 cm³/mol. The summed E-state index contributed by atoms with van der Waals surface area (Å²) < 4.78 is 0. The molecule has 0 aromatic rings. The van der Waals surface area contributed by atoms with Crippen molar-refractivity contribution in [1.29, 1.82) is 0 Å². The highest BCUT2D eigenvalue weighted by Gasteiger charge is 2.52. The van der Waals surface area contributed by atoms with Gasteiger partial charge in [-0.2, -0.15) is 0 Å². The highest BCUT2D eigenvalue weighted by Crippen LogP contribution is 2.42. The minimum Gasteiger partial charge on any atom is -0.465 e. The Hall–Kier alpha value is -0.770. The topological polar surface area (TPSA) is 52.6 Å². The van der Waals surface area contributed by atoms with Crippen LogP contribution in [0, 0.1) is 11.3 Å². The molecule has 1 aliphatic heterocycles. The molecule has 0 radical (unpaired) electrons. The fraction of sp³-hybridized carbons (Fsp3) is 0.917. The maximum atomic E-state index is 11.4. The number of hydrogen-bond acceptors (Lipinski definition) is 2. The van der Waals surface area contributed by atoms with Crippen molar-refractivity contribution in [1.82, 2.24) is 10.2 Å². The molecular weight excluding hydrogens is 204 g/mol. The van der Waals surface area contributed by atoms with Crippen LogP contribution in [-0.2, 0) is 0 Å². The number of carbonyl (C=O) groups is 1. The van der Waals surface area contributed by atoms with Crippen LogP contribution in [0.5, 0.6) is 0 Å². The van der Waals surface area contributed by atoms with Crippen molar-refractivity contribution >= 4 is 6.09 Å². The van der Waals surface area contributed by atoms with Crippen LogP contribution in [0.25, 0.3) is 0 Å². The maximum Gasteiger partial charge on any atom is 0.407 e. The van der Waals surface area contributed by atoms with Crippen LogP contribution >= 0.6 is 0 Å². The summed E-state index contributed by atoms with van der Waals surface area (Å²) in [6, 6.07) is 0. The van der Waals surface area contributed by atoms with Gasteiger partial charge in [0.25, 0.3) is 0 Å². The molecule has 1 aliphatic rings. The molecule has 1 fully saturated rings. The minimum absolute atomic E-state index is 0.0764. The lowest BCUT2D eigenvalue weighted by Gasteiger charge is -2.56. The van der Waals surface area contributed by atoms with Gasteiger partial charge in [0.2, 0.25) is 0 Å². The number of nitrogens with one attached hydrogen (secondary N) is 1. The average Bonchev–Trinajstić information content (AvgIpc) is 2.15. The molecule has 1 heterocycles. The predicted octanol–water partition coefficient (Wildman–Crippen LogP) is 2.01. The Morgan fingerprint density at radius 2 is 2.00 bits per heavy atom. The van der Waals surface area contributed by atoms with Gasteiger partial charge in [0.1, 0.15) is 0 Å². The molecule has 4 nitrogen and oxygen atoms in total. The van der Waals surface area contributed by atoms with E-state index in [1.54, 1.807) is 4.90 Å². The molecule has 0 aromatic heterocycles. The van der Waals surface area contributed by atoms with E-state index in [1.807, 2.05) is 0 Å². The summed E-state index contributed by atoms with van der Waals surface area (Å²) in [5, 5.41) is 12.7. The van der Waals surface area contributed by atoms with Crippen molar-refractivity contribution in [2.45, 2.75) is 40.2 Å². The molecule has 4 heteroatoms. The number of carboxylic acid groups (broad SMARTS) is 1. The SMILES string of the molecule is CC(C)[C@]1(C(C)(C)C)CNCCN1C(=O)O. The maximum absolute atomic E-state index is 11.4. The van der Waals surface area contributed by atoms with Crippen LogP contribution in [0.15, 0.2) is 0 Å². The summed E-state index contributed by atoms with van der Waals surface area (Å²) in [6.07, 6.45) is -0.801. The number of rotatable bonds is 1. The molecule has 0 aliphatic carbocycles. The van der Waals surface area contributed by atoms with E-state index in [0.29, 0.717) is 6.54 Å². The summed E-state index contributed by atoms with van der Waals surface area (Å²) in [5.41, 5.74) is -0.399. The first kappa shape index (κ1) is 13.3. The van der Waals surface area contributed by atoms with Gasteiger partial charge < -0.3 is 10.4 Å². The Morgan fingerprint density at radius 3 is 2.31 bits per heavy atom. The van der Waals surface area contributed by atoms with Gasteiger partial charge >= 0.3 is 6.09 Å². The Morgan fingerprint density at radius 1 is 1.44 bits per heavy atom. The molecule has 1 atom stereocenters. The molecule has 0 unspecified atom stereocenters. The molecule has 0 bridgehead atoms. The van der Waals surface area contributed by atoms with Crippen LogP contribution in [0.3, 0.4) is 0 Å². The molecule has 2 N–H and O–H groups in total. The molecule has 1 rings (SSSR count). The first-order valence-corrected chi connectivity index (χ1v) is 5.95. The van der Waals surface area contributed by atoms with Gasteiger partial charge in [0.05, 0.1) is 5.54 Å². The van der Waals surface area contributed by atoms with E-state index in [-0.39, 0.29) is 16.9 Å². The second-order valence-electron chi connectivity index (χ2n) is 5.94. The van der Waals surface area contributed by atoms with Crippen molar-refractivity contribution < 1.29 is 9.90 Å². The summed E-state index contributed by atoms with van der Waals surface area (Å²) in [4.78, 5) is 13.1. The van der Waals surface area contributed by atoms with Crippen LogP contribution in [-0.4, -0.2) is 41.3 Å². The van der Waals surface area contributed by atoms with Crippen molar-refractivity contribution in [3.8, 4) is 0 Å². The molecule has 1 saturated heterocycles. The summed E-state index contributed by atoms with van der Waals surface area (Å²) >= 11 is 0. The number of piperazine rings is 1. The van der Waals surface area contributed by atoms with Crippen molar-refractivity contribution in [3.63, 3.8) is 0 Å². The summed E-state index contributed by atoms with van der Waals surface area (Å²) in [5.74, 6) is 0.288. The van der Waals surface area contributed by atoms with Gasteiger partial charge in [-0.05, 0) is 11.3 Å². The average molecular weight is 228 g/mol. The van der Waals surface area contributed by atoms with Crippen molar-refractivity contribution in [3.05, 3.63) is 0 Å². The molecular formula is C12H24N2O2. The molecule has 1 amide bonds. The standard InChI is InChI=1S/C12H24N2O2/c1-9(2)12(11(3,4)5)8-13-6-7-14(12)10(15)16/h9,13H,6-8H2,1-5H3,(H,15,16)/t12-/m0/s1. The van der Waals surface area contributed by atoms with Gasteiger partial charge in [-0.15, -0.1) is 0 Å². The van der Waals surface area contributed by atoms with Crippen LogP contribution in [0.4, 0.5) is 4.79 Å². The monoisotopic (exact) mass is 228 g/mol. The third kappa shape index (κ3) is 1.90. The Bertz CT molecular complexity index is 271. The van der Waals surface area contributed by atoms with Gasteiger partial charge in [0.15, 0.2) is 0 Å². The lowest BCUT2D eigenvalue weighted by Crippen LogP contribution is -2.70. The lowest BCUT2D eigenvalue weighted by atomic mass is 9.65. The number of amides is 1. The third-order valence-corrected chi connectivity index (χ3v) is 3.87. The molecule has 0 saturated carbocycles. The Kier molecular flexibility index (Phi) is 3.53. The quantitative estimate of drug-likeness (QED) is 0.722. The van der Waals surface area contributed by atoms with Crippen molar-refractivity contribution in [2.24, 2.45) is 11.3 Å². The second-order valence-corrected chi connectivity index (χ2v) is 5.94. The fourth-order valence-electron chi connectivity index (χ4n) is 3.08. The Labute approximate surface area is 98.0 Å². The summed E-state index contributed by atoms with van der Waals surface area (Å²) in [6.45, 7) is 12.6. The zero-order valence-electron chi connectivity index (χ0n) is 11.0. The van der Waals surface area contributed by atoms with E-state index in [2.05, 4.69) is 39.9 Å². The van der Waals surface area contributed by atoms with Crippen LogP contribution in [0.1, 0.15) is 34.6 Å². The van der Waals surface area contributed by atoms with Crippen molar-refractivity contribution in [2.75, 3.05) is 19.6 Å². The van der Waals surface area contributed by atoms with E-state index < -0.39 is 6.09 Å². The van der Waals surface area contributed by atoms with E-state index in [1.165, 1.54) is 0 Å². The van der Waals surface area contributed by atoms with E-state index >= 15 is 0 Å². The molecule has 0 spiro atoms. The number of hydrogen-bond donors (Lipinski definition) is 2. The Balaban J connectivity index is 3.19. The second kappa shape index (κ2) is 4.24. The van der Waals surface area contributed by atoms with Gasteiger partial charge in [-0.1, -0.05) is 34.6 Å². The highest BCUT2D eigenvalue weighted by atomic mass is 16.4. The summed E-state index contributed by atoms with van der Waals surface area (Å²) in [7, 11) is 0. The highest BCUT2D eigenvalue weighted by molar-refractivity contribution is 5.67. The lowest BCUT2D eigenvalue weighted by molar-refractivity contribution is -0.0455.